The van der Waals surface area contributed by atoms with Crippen LogP contribution in [-0.2, 0) is 0 Å². The van der Waals surface area contributed by atoms with Crippen molar-refractivity contribution in [1.82, 2.24) is 15.0 Å². The molecule has 4 heterocycles. The molecule has 0 bridgehead atoms. The van der Waals surface area contributed by atoms with Gasteiger partial charge in [0, 0.05) is 48.1 Å². The Bertz CT molecular complexity index is 3160. The van der Waals surface area contributed by atoms with Gasteiger partial charge in [-0.25, -0.2) is 15.0 Å². The second kappa shape index (κ2) is 10.9. The van der Waals surface area contributed by atoms with Gasteiger partial charge >= 0.3 is 0 Å². The zero-order chi connectivity index (χ0) is 33.5. The van der Waals surface area contributed by atoms with Crippen molar-refractivity contribution in [2.75, 3.05) is 0 Å². The Balaban J connectivity index is 1.23. The number of para-hydroxylation sites is 3. The Morgan fingerprint density at radius 1 is 0.392 bits per heavy atom. The van der Waals surface area contributed by atoms with E-state index in [0.717, 1.165) is 87.2 Å². The smallest absolute Gasteiger partial charge is 0.167 e. The van der Waals surface area contributed by atoms with E-state index in [1.807, 2.05) is 48.5 Å². The van der Waals surface area contributed by atoms with Crippen LogP contribution in [0.3, 0.4) is 0 Å². The molecule has 0 fully saturated rings. The van der Waals surface area contributed by atoms with Gasteiger partial charge in [-0.05, 0) is 47.5 Å². The monoisotopic (exact) mass is 671 g/mol. The Hall–Kier alpha value is -6.63. The summed E-state index contributed by atoms with van der Waals surface area (Å²) in [5.41, 5.74) is 8.19. The molecule has 0 amide bonds. The maximum absolute atomic E-state index is 6.58. The van der Waals surface area contributed by atoms with Gasteiger partial charge in [0.2, 0.25) is 0 Å². The molecule has 0 saturated heterocycles. The lowest BCUT2D eigenvalue weighted by atomic mass is 10.0. The second-order valence-corrected chi connectivity index (χ2v) is 13.8. The van der Waals surface area contributed by atoms with E-state index in [-0.39, 0.29) is 0 Å². The van der Waals surface area contributed by atoms with E-state index in [4.69, 9.17) is 23.8 Å². The Morgan fingerprint density at radius 2 is 0.980 bits per heavy atom. The minimum Gasteiger partial charge on any atom is -0.455 e. The summed E-state index contributed by atoms with van der Waals surface area (Å²) < 4.78 is 15.3. The van der Waals surface area contributed by atoms with E-state index in [9.17, 15) is 0 Å². The van der Waals surface area contributed by atoms with Crippen LogP contribution in [0.25, 0.3) is 109 Å². The summed E-state index contributed by atoms with van der Waals surface area (Å²) in [6, 6.07) is 52.0. The van der Waals surface area contributed by atoms with Crippen LogP contribution < -0.4 is 0 Å². The third kappa shape index (κ3) is 4.37. The normalized spacial score (nSPS) is 11.9. The zero-order valence-electron chi connectivity index (χ0n) is 27.0. The van der Waals surface area contributed by atoms with Gasteiger partial charge in [0.05, 0.1) is 10.3 Å². The van der Waals surface area contributed by atoms with Gasteiger partial charge in [0.1, 0.15) is 22.3 Å². The molecule has 0 N–H and O–H groups in total. The van der Waals surface area contributed by atoms with Crippen molar-refractivity contribution < 1.29 is 8.83 Å². The summed E-state index contributed by atoms with van der Waals surface area (Å²) in [4.78, 5) is 15.7. The summed E-state index contributed by atoms with van der Waals surface area (Å²) in [5, 5.41) is 6.40. The molecular formula is C45H25N3O2S. The maximum atomic E-state index is 6.58. The highest BCUT2D eigenvalue weighted by Gasteiger charge is 2.23. The standard InChI is InChI=1S/C45H25N3O2S/c1-2-12-26(13-3-1)27-14-10-15-28(24-27)43-46-44(33-20-11-19-31-29-16-4-7-21-36(29)49-40(31)33)48-45(47-43)35-25-34-30-17-5-8-22-37(30)50-41(34)39-32-18-6-9-23-38(32)51-42(35)39/h1-25H. The molecule has 6 heteroatoms. The second-order valence-electron chi connectivity index (χ2n) is 12.7. The van der Waals surface area contributed by atoms with Crippen molar-refractivity contribution >= 4 is 75.4 Å². The average molecular weight is 672 g/mol. The van der Waals surface area contributed by atoms with Gasteiger partial charge in [0.15, 0.2) is 17.5 Å². The summed E-state index contributed by atoms with van der Waals surface area (Å²) in [7, 11) is 0. The van der Waals surface area contributed by atoms with Gasteiger partial charge < -0.3 is 8.83 Å². The number of hydrogen-bond acceptors (Lipinski definition) is 6. The number of thiophene rings is 1. The predicted molar refractivity (Wildman–Crippen MR) is 209 cm³/mol. The average Bonchev–Trinajstić information content (AvgIpc) is 3.89. The third-order valence-electron chi connectivity index (χ3n) is 9.74. The molecule has 0 aliphatic carbocycles. The number of hydrogen-bond donors (Lipinski definition) is 0. The van der Waals surface area contributed by atoms with Crippen LogP contribution in [0.1, 0.15) is 0 Å². The fourth-order valence-electron chi connectivity index (χ4n) is 7.37. The van der Waals surface area contributed by atoms with Crippen molar-refractivity contribution in [2.45, 2.75) is 0 Å². The van der Waals surface area contributed by atoms with Gasteiger partial charge in [-0.1, -0.05) is 115 Å². The topological polar surface area (TPSA) is 65.0 Å². The maximum Gasteiger partial charge on any atom is 0.167 e. The van der Waals surface area contributed by atoms with Crippen LogP contribution >= 0.6 is 11.3 Å². The minimum absolute atomic E-state index is 0.552. The van der Waals surface area contributed by atoms with Crippen molar-refractivity contribution in [1.29, 1.82) is 0 Å². The molecule has 0 aliphatic heterocycles. The molecule has 0 spiro atoms. The fraction of sp³-hybridized carbons (Fsp3) is 0. The molecule has 238 valence electrons. The van der Waals surface area contributed by atoms with Gasteiger partial charge in [0.25, 0.3) is 0 Å². The number of benzene rings is 7. The molecule has 0 aliphatic rings. The van der Waals surface area contributed by atoms with Crippen molar-refractivity contribution in [3.63, 3.8) is 0 Å². The van der Waals surface area contributed by atoms with E-state index in [0.29, 0.717) is 17.5 Å². The minimum atomic E-state index is 0.552. The molecule has 11 rings (SSSR count). The largest absolute Gasteiger partial charge is 0.455 e. The fourth-order valence-corrected chi connectivity index (χ4v) is 8.58. The van der Waals surface area contributed by atoms with E-state index < -0.39 is 0 Å². The van der Waals surface area contributed by atoms with E-state index in [2.05, 4.69) is 103 Å². The van der Waals surface area contributed by atoms with E-state index >= 15 is 0 Å². The summed E-state index contributed by atoms with van der Waals surface area (Å²) in [5.74, 6) is 1.74. The molecule has 11 aromatic rings. The molecule has 0 saturated carbocycles. The summed E-state index contributed by atoms with van der Waals surface area (Å²) in [6.07, 6.45) is 0. The van der Waals surface area contributed by atoms with Crippen LogP contribution in [-0.4, -0.2) is 15.0 Å². The van der Waals surface area contributed by atoms with Gasteiger partial charge in [-0.15, -0.1) is 11.3 Å². The Kier molecular flexibility index (Phi) is 6.05. The molecule has 51 heavy (non-hydrogen) atoms. The molecule has 7 aromatic carbocycles. The van der Waals surface area contributed by atoms with Gasteiger partial charge in [-0.2, -0.15) is 0 Å². The number of rotatable bonds is 4. The molecular weight excluding hydrogens is 647 g/mol. The molecule has 5 nitrogen and oxygen atoms in total. The van der Waals surface area contributed by atoms with Crippen LogP contribution in [0.4, 0.5) is 0 Å². The highest BCUT2D eigenvalue weighted by atomic mass is 32.1. The summed E-state index contributed by atoms with van der Waals surface area (Å²) in [6.45, 7) is 0. The van der Waals surface area contributed by atoms with Crippen LogP contribution in [0.5, 0.6) is 0 Å². The van der Waals surface area contributed by atoms with Crippen LogP contribution in [0.15, 0.2) is 160 Å². The first-order valence-corrected chi connectivity index (χ1v) is 17.7. The number of furan rings is 2. The Morgan fingerprint density at radius 3 is 1.80 bits per heavy atom. The van der Waals surface area contributed by atoms with Crippen molar-refractivity contribution in [3.8, 4) is 45.3 Å². The van der Waals surface area contributed by atoms with Crippen molar-refractivity contribution in [2.24, 2.45) is 0 Å². The lowest BCUT2D eigenvalue weighted by Gasteiger charge is -2.11. The number of nitrogens with zero attached hydrogens (tertiary/aromatic N) is 3. The highest BCUT2D eigenvalue weighted by Crippen LogP contribution is 2.46. The first-order chi connectivity index (χ1) is 25.3. The van der Waals surface area contributed by atoms with Crippen LogP contribution in [0.2, 0.25) is 0 Å². The molecule has 4 aromatic heterocycles. The number of fused-ring (bicyclic) bond motifs is 10. The lowest BCUT2D eigenvalue weighted by Crippen LogP contribution is -2.00. The van der Waals surface area contributed by atoms with Crippen molar-refractivity contribution in [3.05, 3.63) is 152 Å². The lowest BCUT2D eigenvalue weighted by molar-refractivity contribution is 0.669. The zero-order valence-corrected chi connectivity index (χ0v) is 27.8. The van der Waals surface area contributed by atoms with Gasteiger partial charge in [-0.3, -0.25) is 0 Å². The SMILES string of the molecule is c1ccc(-c2cccc(-c3nc(-c4cccc5c4oc4ccccc45)nc(-c4cc5c6ccccc6oc5c5c4sc4ccccc45)n3)c2)cc1. The quantitative estimate of drug-likeness (QED) is 0.186. The van der Waals surface area contributed by atoms with E-state index in [1.54, 1.807) is 11.3 Å². The molecule has 0 radical (unpaired) electrons. The third-order valence-corrected chi connectivity index (χ3v) is 10.9. The molecule has 0 unspecified atom stereocenters. The summed E-state index contributed by atoms with van der Waals surface area (Å²) >= 11 is 1.74. The first-order valence-electron chi connectivity index (χ1n) is 16.9. The predicted octanol–water partition coefficient (Wildman–Crippen LogP) is 12.7. The Labute approximate surface area is 295 Å². The highest BCUT2D eigenvalue weighted by molar-refractivity contribution is 7.26. The number of aromatic nitrogens is 3. The van der Waals surface area contributed by atoms with Crippen LogP contribution in [0, 0.1) is 0 Å². The molecule has 0 atom stereocenters. The van der Waals surface area contributed by atoms with E-state index in [1.165, 1.54) is 4.70 Å². The first kappa shape index (κ1) is 28.2.